The predicted octanol–water partition coefficient (Wildman–Crippen LogP) is 4.63. The number of benzene rings is 1. The van der Waals surface area contributed by atoms with E-state index >= 15 is 0 Å². The number of aromatic nitrogens is 1. The number of aliphatic carboxylic acids is 1. The van der Waals surface area contributed by atoms with Crippen LogP contribution >= 0.6 is 0 Å². The molecular formula is C22H30N2O3. The molecule has 2 N–H and O–H groups in total. The number of aryl methyl sites for hydroxylation is 1. The molecule has 146 valence electrons. The van der Waals surface area contributed by atoms with Crippen molar-refractivity contribution < 1.29 is 14.7 Å². The molecule has 1 aromatic heterocycles. The summed E-state index contributed by atoms with van der Waals surface area (Å²) < 4.78 is 2.02. The number of hydrogen-bond acceptors (Lipinski definition) is 2. The fourth-order valence-corrected chi connectivity index (χ4v) is 3.37. The first-order chi connectivity index (χ1) is 12.9. The van der Waals surface area contributed by atoms with Gasteiger partial charge in [0.2, 0.25) is 0 Å². The molecule has 0 aliphatic rings. The van der Waals surface area contributed by atoms with E-state index < -0.39 is 5.97 Å². The summed E-state index contributed by atoms with van der Waals surface area (Å²) in [6.45, 7) is 11.3. The van der Waals surface area contributed by atoms with Crippen LogP contribution in [-0.2, 0) is 11.3 Å². The summed E-state index contributed by atoms with van der Waals surface area (Å²) in [6.07, 6.45) is 4.19. The number of amides is 1. The van der Waals surface area contributed by atoms with E-state index in [0.717, 1.165) is 29.3 Å². The molecule has 0 aliphatic heterocycles. The first kappa shape index (κ1) is 20.7. The zero-order valence-electron chi connectivity index (χ0n) is 16.5. The van der Waals surface area contributed by atoms with E-state index in [1.807, 2.05) is 11.5 Å². The predicted molar refractivity (Wildman–Crippen MR) is 109 cm³/mol. The highest BCUT2D eigenvalue weighted by molar-refractivity contribution is 6.01. The van der Waals surface area contributed by atoms with E-state index in [4.69, 9.17) is 5.11 Å². The number of nitrogens with zero attached hydrogens (tertiary/aromatic N) is 1. The Hall–Kier alpha value is -2.56. The molecule has 0 aliphatic carbocycles. The maximum Gasteiger partial charge on any atom is 0.303 e. The van der Waals surface area contributed by atoms with Crippen LogP contribution in [0.3, 0.4) is 0 Å². The molecule has 0 radical (unpaired) electrons. The number of hydrogen-bond donors (Lipinski definition) is 2. The quantitative estimate of drug-likeness (QED) is 0.473. The molecule has 0 saturated heterocycles. The van der Waals surface area contributed by atoms with E-state index in [-0.39, 0.29) is 12.3 Å². The number of allylic oxidation sites excluding steroid dienone is 1. The number of carboxylic acid groups (broad SMARTS) is 1. The van der Waals surface area contributed by atoms with Crippen LogP contribution in [0.15, 0.2) is 30.9 Å². The van der Waals surface area contributed by atoms with Crippen LogP contribution in [0.5, 0.6) is 0 Å². The summed E-state index contributed by atoms with van der Waals surface area (Å²) in [4.78, 5) is 23.4. The van der Waals surface area contributed by atoms with Crippen molar-refractivity contribution in [1.29, 1.82) is 0 Å². The third-order valence-electron chi connectivity index (χ3n) is 4.89. The Morgan fingerprint density at radius 2 is 2.00 bits per heavy atom. The molecule has 2 aromatic rings. The molecule has 5 nitrogen and oxygen atoms in total. The second-order valence-electron chi connectivity index (χ2n) is 7.26. The molecule has 2 rings (SSSR count). The Bertz CT molecular complexity index is 834. The zero-order valence-corrected chi connectivity index (χ0v) is 16.5. The number of nitrogens with one attached hydrogen (secondary N) is 1. The summed E-state index contributed by atoms with van der Waals surface area (Å²) in [7, 11) is 0. The second-order valence-corrected chi connectivity index (χ2v) is 7.26. The van der Waals surface area contributed by atoms with Crippen LogP contribution in [0.1, 0.15) is 67.1 Å². The molecular weight excluding hydrogens is 340 g/mol. The van der Waals surface area contributed by atoms with E-state index in [0.29, 0.717) is 31.1 Å². The molecule has 0 saturated carbocycles. The van der Waals surface area contributed by atoms with Crippen molar-refractivity contribution in [2.75, 3.05) is 6.54 Å². The standard InChI is InChI=1S/C22H30N2O3/c1-5-13-24-19-11-10-17(15(2)3)14-18(19)16(4)21(24)22(27)23-12-8-6-7-9-20(25)26/h5,10-11,14-15H,1,6-9,12-13H2,2-4H3,(H,23,27)(H,25,26). The monoisotopic (exact) mass is 370 g/mol. The van der Waals surface area contributed by atoms with Crippen LogP contribution < -0.4 is 5.32 Å². The second kappa shape index (κ2) is 9.40. The van der Waals surface area contributed by atoms with Gasteiger partial charge in [-0.2, -0.15) is 0 Å². The van der Waals surface area contributed by atoms with Gasteiger partial charge in [0.25, 0.3) is 5.91 Å². The number of carboxylic acids is 1. The molecule has 0 unspecified atom stereocenters. The van der Waals surface area contributed by atoms with Crippen molar-refractivity contribution in [1.82, 2.24) is 9.88 Å². The zero-order chi connectivity index (χ0) is 20.0. The molecule has 1 aromatic carbocycles. The third-order valence-corrected chi connectivity index (χ3v) is 4.89. The smallest absolute Gasteiger partial charge is 0.303 e. The summed E-state index contributed by atoms with van der Waals surface area (Å²) in [5.41, 5.74) is 3.96. The van der Waals surface area contributed by atoms with Gasteiger partial charge in [0.1, 0.15) is 5.69 Å². The fourth-order valence-electron chi connectivity index (χ4n) is 3.37. The number of rotatable bonds is 10. The lowest BCUT2D eigenvalue weighted by Gasteiger charge is -2.10. The van der Waals surface area contributed by atoms with E-state index in [1.165, 1.54) is 5.56 Å². The molecule has 0 atom stereocenters. The lowest BCUT2D eigenvalue weighted by atomic mass is 10.0. The van der Waals surface area contributed by atoms with Crippen LogP contribution in [0, 0.1) is 6.92 Å². The van der Waals surface area contributed by atoms with Gasteiger partial charge in [-0.25, -0.2) is 0 Å². The highest BCUT2D eigenvalue weighted by Crippen LogP contribution is 2.29. The lowest BCUT2D eigenvalue weighted by Crippen LogP contribution is -2.27. The normalized spacial score (nSPS) is 11.1. The van der Waals surface area contributed by atoms with E-state index in [9.17, 15) is 9.59 Å². The maximum atomic E-state index is 12.8. The average Bonchev–Trinajstić information content (AvgIpc) is 2.89. The van der Waals surface area contributed by atoms with Gasteiger partial charge in [0.05, 0.1) is 0 Å². The minimum Gasteiger partial charge on any atom is -0.481 e. The summed E-state index contributed by atoms with van der Waals surface area (Å²) in [5.74, 6) is -0.432. The molecule has 0 bridgehead atoms. The molecule has 1 heterocycles. The Balaban J connectivity index is 2.19. The average molecular weight is 370 g/mol. The van der Waals surface area contributed by atoms with Gasteiger partial charge in [-0.15, -0.1) is 6.58 Å². The number of carbonyl (C=O) groups is 2. The fraction of sp³-hybridized carbons (Fsp3) is 0.455. The van der Waals surface area contributed by atoms with Gasteiger partial charge in [-0.1, -0.05) is 32.4 Å². The first-order valence-electron chi connectivity index (χ1n) is 9.60. The molecule has 0 spiro atoms. The lowest BCUT2D eigenvalue weighted by molar-refractivity contribution is -0.137. The topological polar surface area (TPSA) is 71.3 Å². The Labute approximate surface area is 161 Å². The number of unbranched alkanes of at least 4 members (excludes halogenated alkanes) is 2. The van der Waals surface area contributed by atoms with Crippen LogP contribution in [0.2, 0.25) is 0 Å². The van der Waals surface area contributed by atoms with Gasteiger partial charge >= 0.3 is 5.97 Å². The van der Waals surface area contributed by atoms with E-state index in [2.05, 4.69) is 43.9 Å². The Morgan fingerprint density at radius 3 is 2.63 bits per heavy atom. The number of carbonyl (C=O) groups excluding carboxylic acids is 1. The van der Waals surface area contributed by atoms with Crippen molar-refractivity contribution in [3.63, 3.8) is 0 Å². The largest absolute Gasteiger partial charge is 0.481 e. The van der Waals surface area contributed by atoms with Crippen LogP contribution in [0.25, 0.3) is 10.9 Å². The van der Waals surface area contributed by atoms with Gasteiger partial charge in [0, 0.05) is 30.4 Å². The minimum absolute atomic E-state index is 0.0881. The summed E-state index contributed by atoms with van der Waals surface area (Å²) in [5, 5.41) is 12.8. The van der Waals surface area contributed by atoms with Gasteiger partial charge in [-0.3, -0.25) is 9.59 Å². The van der Waals surface area contributed by atoms with Gasteiger partial charge in [-0.05, 0) is 48.9 Å². The van der Waals surface area contributed by atoms with Crippen LogP contribution in [-0.4, -0.2) is 28.1 Å². The Kier molecular flexibility index (Phi) is 7.22. The van der Waals surface area contributed by atoms with Crippen molar-refractivity contribution in [3.8, 4) is 0 Å². The van der Waals surface area contributed by atoms with Crippen molar-refractivity contribution in [3.05, 3.63) is 47.7 Å². The molecule has 5 heteroatoms. The maximum absolute atomic E-state index is 12.8. The van der Waals surface area contributed by atoms with Crippen molar-refractivity contribution >= 4 is 22.8 Å². The van der Waals surface area contributed by atoms with Gasteiger partial charge < -0.3 is 15.0 Å². The highest BCUT2D eigenvalue weighted by atomic mass is 16.4. The van der Waals surface area contributed by atoms with E-state index in [1.54, 1.807) is 6.08 Å². The first-order valence-corrected chi connectivity index (χ1v) is 9.60. The van der Waals surface area contributed by atoms with Crippen molar-refractivity contribution in [2.24, 2.45) is 0 Å². The number of fused-ring (bicyclic) bond motifs is 1. The van der Waals surface area contributed by atoms with Crippen LogP contribution in [0.4, 0.5) is 0 Å². The Morgan fingerprint density at radius 1 is 1.26 bits per heavy atom. The minimum atomic E-state index is -0.774. The molecule has 27 heavy (non-hydrogen) atoms. The molecule has 1 amide bonds. The third kappa shape index (κ3) is 5.00. The highest BCUT2D eigenvalue weighted by Gasteiger charge is 2.20. The summed E-state index contributed by atoms with van der Waals surface area (Å²) in [6, 6.07) is 6.39. The van der Waals surface area contributed by atoms with Gasteiger partial charge in [0.15, 0.2) is 0 Å². The van der Waals surface area contributed by atoms with Crippen molar-refractivity contribution in [2.45, 2.75) is 58.9 Å². The SMILES string of the molecule is C=CCn1c(C(=O)NCCCCCC(=O)O)c(C)c2cc(C(C)C)ccc21. The summed E-state index contributed by atoms with van der Waals surface area (Å²) >= 11 is 0. The molecule has 0 fully saturated rings.